The van der Waals surface area contributed by atoms with E-state index < -0.39 is 29.4 Å². The van der Waals surface area contributed by atoms with Crippen LogP contribution in [0.1, 0.15) is 35.4 Å². The van der Waals surface area contributed by atoms with E-state index in [4.69, 9.17) is 37.4 Å². The number of piperidine rings is 3. The Hall–Kier alpha value is -2.90. The van der Waals surface area contributed by atoms with Gasteiger partial charge in [0.05, 0.1) is 12.5 Å². The van der Waals surface area contributed by atoms with Crippen molar-refractivity contribution in [2.24, 2.45) is 5.92 Å². The standard InChI is InChI=1S/C29H25Cl2NO5/c30-23-15-19(16-24(31)17-23)18-35-29-22-11-13-32(14-12-22)28(29,36-26(33)27(34)37-29)25(20-7-3-1-4-8-20)21-9-5-2-6-10-21/h1-10,15-17,22,25H,11-14,18H2. The van der Waals surface area contributed by atoms with Crippen LogP contribution in [-0.2, 0) is 30.4 Å². The zero-order valence-corrected chi connectivity index (χ0v) is 21.5. The number of hydrogen-bond acceptors (Lipinski definition) is 6. The van der Waals surface area contributed by atoms with Crippen molar-refractivity contribution in [3.63, 3.8) is 0 Å². The van der Waals surface area contributed by atoms with Crippen LogP contribution in [0.25, 0.3) is 0 Å². The van der Waals surface area contributed by atoms with E-state index in [2.05, 4.69) is 4.90 Å². The molecule has 4 heterocycles. The van der Waals surface area contributed by atoms with E-state index in [1.165, 1.54) is 0 Å². The molecule has 0 N–H and O–H groups in total. The molecule has 3 aromatic rings. The van der Waals surface area contributed by atoms with Gasteiger partial charge in [-0.3, -0.25) is 4.90 Å². The van der Waals surface area contributed by atoms with Crippen molar-refractivity contribution >= 4 is 35.1 Å². The van der Waals surface area contributed by atoms with Gasteiger partial charge in [0.2, 0.25) is 5.72 Å². The molecule has 4 saturated heterocycles. The summed E-state index contributed by atoms with van der Waals surface area (Å²) < 4.78 is 19.0. The second kappa shape index (κ2) is 9.44. The lowest BCUT2D eigenvalue weighted by molar-refractivity contribution is -0.417. The molecule has 190 valence electrons. The molecule has 6 nitrogen and oxygen atoms in total. The lowest BCUT2D eigenvalue weighted by atomic mass is 9.66. The number of carbonyl (C=O) groups excluding carboxylic acids is 2. The maximum Gasteiger partial charge on any atom is 0.420 e. The highest BCUT2D eigenvalue weighted by molar-refractivity contribution is 6.34. The van der Waals surface area contributed by atoms with E-state index in [1.54, 1.807) is 18.2 Å². The molecule has 0 amide bonds. The van der Waals surface area contributed by atoms with Gasteiger partial charge in [0.15, 0.2) is 0 Å². The van der Waals surface area contributed by atoms with Crippen LogP contribution in [-0.4, -0.2) is 41.4 Å². The summed E-state index contributed by atoms with van der Waals surface area (Å²) in [5, 5.41) is 0.949. The Balaban J connectivity index is 1.55. The third-order valence-electron chi connectivity index (χ3n) is 7.69. The first-order chi connectivity index (χ1) is 17.9. The van der Waals surface area contributed by atoms with E-state index in [0.717, 1.165) is 29.5 Å². The van der Waals surface area contributed by atoms with Crippen molar-refractivity contribution in [3.8, 4) is 0 Å². The highest BCUT2D eigenvalue weighted by Crippen LogP contribution is 2.59. The van der Waals surface area contributed by atoms with Gasteiger partial charge in [-0.2, -0.15) is 0 Å². The number of carbonyl (C=O) groups is 2. The molecule has 4 aliphatic rings. The summed E-state index contributed by atoms with van der Waals surface area (Å²) in [4.78, 5) is 28.0. The van der Waals surface area contributed by atoms with E-state index in [1.807, 2.05) is 60.7 Å². The lowest BCUT2D eigenvalue weighted by Crippen LogP contribution is -2.82. The summed E-state index contributed by atoms with van der Waals surface area (Å²) in [7, 11) is 0. The molecule has 2 atom stereocenters. The average molecular weight is 538 g/mol. The highest BCUT2D eigenvalue weighted by Gasteiger charge is 2.76. The number of ether oxygens (including phenoxy) is 3. The molecule has 0 aromatic heterocycles. The number of rotatable bonds is 6. The van der Waals surface area contributed by atoms with Gasteiger partial charge in [-0.05, 0) is 47.7 Å². The number of benzene rings is 3. The van der Waals surface area contributed by atoms with Gasteiger partial charge in [0.25, 0.3) is 5.79 Å². The number of halogens is 2. The molecule has 0 aliphatic carbocycles. The predicted molar refractivity (Wildman–Crippen MR) is 138 cm³/mol. The van der Waals surface area contributed by atoms with E-state index in [0.29, 0.717) is 23.1 Å². The van der Waals surface area contributed by atoms with Crippen molar-refractivity contribution in [1.82, 2.24) is 4.90 Å². The number of hydrogen-bond donors (Lipinski definition) is 0. The van der Waals surface area contributed by atoms with Crippen LogP contribution in [0.3, 0.4) is 0 Å². The van der Waals surface area contributed by atoms with E-state index in [-0.39, 0.29) is 12.5 Å². The Labute approximate surface area is 225 Å². The van der Waals surface area contributed by atoms with Crippen molar-refractivity contribution in [2.45, 2.75) is 36.9 Å². The minimum absolute atomic E-state index is 0.0630. The van der Waals surface area contributed by atoms with Gasteiger partial charge < -0.3 is 14.2 Å². The third-order valence-corrected chi connectivity index (χ3v) is 8.13. The minimum atomic E-state index is -1.54. The van der Waals surface area contributed by atoms with Crippen LogP contribution in [0.15, 0.2) is 78.9 Å². The molecule has 0 saturated carbocycles. The largest absolute Gasteiger partial charge is 0.427 e. The Bertz CT molecular complexity index is 1270. The van der Waals surface area contributed by atoms with Crippen LogP contribution < -0.4 is 0 Å². The summed E-state index contributed by atoms with van der Waals surface area (Å²) in [6, 6.07) is 24.9. The van der Waals surface area contributed by atoms with Gasteiger partial charge in [-0.15, -0.1) is 0 Å². The molecule has 3 aromatic carbocycles. The maximum absolute atomic E-state index is 13.0. The zero-order chi connectivity index (χ0) is 25.6. The summed E-state index contributed by atoms with van der Waals surface area (Å²) in [5.41, 5.74) is 1.15. The molecule has 8 heteroatoms. The molecule has 0 spiro atoms. The lowest BCUT2D eigenvalue weighted by Gasteiger charge is -2.65. The molecule has 37 heavy (non-hydrogen) atoms. The number of nitrogens with zero attached hydrogens (tertiary/aromatic N) is 1. The Morgan fingerprint density at radius 1 is 0.838 bits per heavy atom. The molecule has 2 unspecified atom stereocenters. The van der Waals surface area contributed by atoms with Gasteiger partial charge in [0, 0.05) is 29.1 Å². The monoisotopic (exact) mass is 537 g/mol. The van der Waals surface area contributed by atoms with Gasteiger partial charge in [-0.25, -0.2) is 9.59 Å². The normalized spacial score (nSPS) is 28.5. The third kappa shape index (κ3) is 3.94. The fourth-order valence-corrected chi connectivity index (χ4v) is 6.84. The van der Waals surface area contributed by atoms with Gasteiger partial charge >= 0.3 is 11.9 Å². The molecular formula is C29H25Cl2NO5. The van der Waals surface area contributed by atoms with Crippen molar-refractivity contribution < 1.29 is 23.8 Å². The van der Waals surface area contributed by atoms with E-state index in [9.17, 15) is 9.59 Å². The van der Waals surface area contributed by atoms with Crippen LogP contribution in [0, 0.1) is 5.92 Å². The molecule has 2 bridgehead atoms. The second-order valence-electron chi connectivity index (χ2n) is 9.73. The summed E-state index contributed by atoms with van der Waals surface area (Å²) in [6.45, 7) is 1.42. The average Bonchev–Trinajstić information content (AvgIpc) is 2.90. The second-order valence-corrected chi connectivity index (χ2v) is 10.6. The maximum atomic E-state index is 13.0. The first kappa shape index (κ1) is 24.4. The molecule has 0 radical (unpaired) electrons. The molecule has 4 fully saturated rings. The number of fused-ring (bicyclic) bond motifs is 2. The summed E-state index contributed by atoms with van der Waals surface area (Å²) >= 11 is 12.5. The quantitative estimate of drug-likeness (QED) is 0.303. The Morgan fingerprint density at radius 2 is 1.38 bits per heavy atom. The zero-order valence-electron chi connectivity index (χ0n) is 19.9. The van der Waals surface area contributed by atoms with Crippen LogP contribution in [0.4, 0.5) is 0 Å². The topological polar surface area (TPSA) is 65.1 Å². The first-order valence-corrected chi connectivity index (χ1v) is 13.1. The molecule has 7 rings (SSSR count). The Kier molecular flexibility index (Phi) is 6.24. The molecular weight excluding hydrogens is 513 g/mol. The summed E-state index contributed by atoms with van der Waals surface area (Å²) in [6.07, 6.45) is 1.47. The van der Waals surface area contributed by atoms with Gasteiger partial charge in [-0.1, -0.05) is 83.9 Å². The van der Waals surface area contributed by atoms with Crippen LogP contribution in [0.5, 0.6) is 0 Å². The SMILES string of the molecule is O=C1OC2(OCc3cc(Cl)cc(Cl)c3)C3CCN(CC3)C2(C(c2ccccc2)c2ccccc2)OC1=O. The van der Waals surface area contributed by atoms with E-state index >= 15 is 0 Å². The number of esters is 2. The summed E-state index contributed by atoms with van der Waals surface area (Å²) in [5.74, 6) is -4.28. The minimum Gasteiger partial charge on any atom is -0.427 e. The Morgan fingerprint density at radius 3 is 1.95 bits per heavy atom. The molecule has 4 aliphatic heterocycles. The predicted octanol–water partition coefficient (Wildman–Crippen LogP) is 5.56. The van der Waals surface area contributed by atoms with Crippen LogP contribution >= 0.6 is 23.2 Å². The van der Waals surface area contributed by atoms with Crippen molar-refractivity contribution in [1.29, 1.82) is 0 Å². The van der Waals surface area contributed by atoms with Crippen molar-refractivity contribution in [2.75, 3.05) is 13.1 Å². The fraction of sp³-hybridized carbons (Fsp3) is 0.310. The smallest absolute Gasteiger partial charge is 0.420 e. The van der Waals surface area contributed by atoms with Crippen molar-refractivity contribution in [3.05, 3.63) is 106 Å². The first-order valence-electron chi connectivity index (χ1n) is 12.3. The van der Waals surface area contributed by atoms with Gasteiger partial charge in [0.1, 0.15) is 0 Å². The highest BCUT2D eigenvalue weighted by atomic mass is 35.5. The fourth-order valence-electron chi connectivity index (χ4n) is 6.27. The van der Waals surface area contributed by atoms with Crippen LogP contribution in [0.2, 0.25) is 10.0 Å².